The zero-order valence-corrected chi connectivity index (χ0v) is 16.3. The molecule has 0 aromatic heterocycles. The van der Waals surface area contributed by atoms with Crippen LogP contribution in [0.25, 0.3) is 0 Å². The molecule has 87 valence electrons. The summed E-state index contributed by atoms with van der Waals surface area (Å²) in [5.74, 6) is 0.0413. The summed E-state index contributed by atoms with van der Waals surface area (Å²) < 4.78 is 0. The van der Waals surface area contributed by atoms with Crippen molar-refractivity contribution in [3.05, 3.63) is 41.9 Å². The summed E-state index contributed by atoms with van der Waals surface area (Å²) in [5.41, 5.74) is 2.12. The number of benzene rings is 1. The van der Waals surface area contributed by atoms with Crippen molar-refractivity contribution in [2.75, 3.05) is 4.90 Å². The second-order valence-corrected chi connectivity index (χ2v) is 4.55. The first-order valence-electron chi connectivity index (χ1n) is 4.61. The third-order valence-corrected chi connectivity index (χ3v) is 3.23. The second kappa shape index (κ2) is 7.23. The molecule has 0 bridgehead atoms. The van der Waals surface area contributed by atoms with Gasteiger partial charge in [0.1, 0.15) is 0 Å². The summed E-state index contributed by atoms with van der Waals surface area (Å²) in [4.78, 5) is 13.9. The van der Waals surface area contributed by atoms with E-state index in [1.807, 2.05) is 19.1 Å². The van der Waals surface area contributed by atoms with Crippen LogP contribution in [-0.4, -0.2) is 5.78 Å². The Morgan fingerprint density at radius 2 is 2.24 bits per heavy atom. The SMILES string of the molecule is [CH2-]N1/C(=C/C(C)=O)Sc2c[c-]c(C)cc21.[W].[Y]. The molecule has 1 radical (unpaired) electrons. The molecule has 0 N–H and O–H groups in total. The van der Waals surface area contributed by atoms with Gasteiger partial charge in [0.15, 0.2) is 5.78 Å². The summed E-state index contributed by atoms with van der Waals surface area (Å²) in [6.45, 7) is 3.53. The molecule has 5 heteroatoms. The molecule has 0 unspecified atom stereocenters. The first-order valence-corrected chi connectivity index (χ1v) is 5.42. The van der Waals surface area contributed by atoms with Crippen LogP contribution in [0, 0.1) is 20.0 Å². The summed E-state index contributed by atoms with van der Waals surface area (Å²) in [6, 6.07) is 7.10. The number of aryl methyl sites for hydroxylation is 1. The van der Waals surface area contributed by atoms with Crippen LogP contribution in [0.15, 0.2) is 28.1 Å². The van der Waals surface area contributed by atoms with Crippen molar-refractivity contribution in [1.29, 1.82) is 0 Å². The van der Waals surface area contributed by atoms with Crippen LogP contribution in [0.5, 0.6) is 0 Å². The van der Waals surface area contributed by atoms with Crippen molar-refractivity contribution in [3.63, 3.8) is 0 Å². The van der Waals surface area contributed by atoms with E-state index in [-0.39, 0.29) is 59.6 Å². The third kappa shape index (κ3) is 4.02. The van der Waals surface area contributed by atoms with E-state index in [1.54, 1.807) is 29.7 Å². The van der Waals surface area contributed by atoms with Crippen LogP contribution in [0.3, 0.4) is 0 Å². The molecule has 17 heavy (non-hydrogen) atoms. The Kier molecular flexibility index (Phi) is 7.48. The molecule has 0 spiro atoms. The molecule has 2 rings (SSSR count). The van der Waals surface area contributed by atoms with Gasteiger partial charge in [-0.3, -0.25) is 11.8 Å². The number of anilines is 1. The van der Waals surface area contributed by atoms with Crippen molar-refractivity contribution in [2.45, 2.75) is 18.7 Å². The summed E-state index contributed by atoms with van der Waals surface area (Å²) in [6.07, 6.45) is 1.60. The van der Waals surface area contributed by atoms with Crippen LogP contribution in [0.4, 0.5) is 5.69 Å². The van der Waals surface area contributed by atoms with Gasteiger partial charge in [-0.2, -0.15) is 17.7 Å². The molecule has 1 aliphatic rings. The molecular weight excluding hydrogens is 479 g/mol. The van der Waals surface area contributed by atoms with E-state index in [0.717, 1.165) is 21.2 Å². The Morgan fingerprint density at radius 3 is 2.82 bits per heavy atom. The Hall–Kier alpha value is 0.572. The summed E-state index contributed by atoms with van der Waals surface area (Å²) in [7, 11) is 3.93. The van der Waals surface area contributed by atoms with Gasteiger partial charge in [-0.1, -0.05) is 17.5 Å². The minimum Gasteiger partial charge on any atom is -0.511 e. The minimum atomic E-state index is 0. The Bertz CT molecular complexity index is 462. The number of hydrogen-bond donors (Lipinski definition) is 0. The Labute approximate surface area is 146 Å². The minimum absolute atomic E-state index is 0. The monoisotopic (exact) mass is 490 g/mol. The fraction of sp³-hybridized carbons (Fsp3) is 0.167. The first kappa shape index (κ1) is 17.6. The van der Waals surface area contributed by atoms with Gasteiger partial charge >= 0.3 is 0 Å². The first-order chi connectivity index (χ1) is 7.08. The van der Waals surface area contributed by atoms with Gasteiger partial charge in [0.2, 0.25) is 0 Å². The molecule has 0 fully saturated rings. The Balaban J connectivity index is 0.00000128. The van der Waals surface area contributed by atoms with Crippen molar-refractivity contribution >= 4 is 23.2 Å². The van der Waals surface area contributed by atoms with Gasteiger partial charge in [0.25, 0.3) is 0 Å². The number of fused-ring (bicyclic) bond motifs is 1. The van der Waals surface area contributed by atoms with Crippen LogP contribution in [0.1, 0.15) is 12.5 Å². The third-order valence-electron chi connectivity index (χ3n) is 2.13. The zero-order chi connectivity index (χ0) is 11.0. The van der Waals surface area contributed by atoms with E-state index in [1.165, 1.54) is 0 Å². The number of carbonyl (C=O) groups is 1. The molecule has 1 aromatic rings. The molecule has 0 saturated heterocycles. The molecule has 0 amide bonds. The van der Waals surface area contributed by atoms with Crippen LogP contribution in [-0.2, 0) is 58.6 Å². The number of carbonyl (C=O) groups excluding carboxylic acids is 1. The molecule has 2 nitrogen and oxygen atoms in total. The molecule has 0 atom stereocenters. The maximum atomic E-state index is 11.0. The predicted molar refractivity (Wildman–Crippen MR) is 62.5 cm³/mol. The van der Waals surface area contributed by atoms with Crippen molar-refractivity contribution in [3.8, 4) is 0 Å². The van der Waals surface area contributed by atoms with Gasteiger partial charge in [0.05, 0.1) is 0 Å². The number of hydrogen-bond acceptors (Lipinski definition) is 3. The van der Waals surface area contributed by atoms with Crippen molar-refractivity contribution < 1.29 is 58.6 Å². The molecule has 1 aromatic carbocycles. The fourth-order valence-electron chi connectivity index (χ4n) is 1.43. The molecular formula is C12H11NOSWY-2. The smallest absolute Gasteiger partial charge is 0.155 e. The normalized spacial score (nSPS) is 15.0. The van der Waals surface area contributed by atoms with Gasteiger partial charge in [-0.25, -0.2) is 0 Å². The quantitative estimate of drug-likeness (QED) is 0.447. The maximum Gasteiger partial charge on any atom is 0.155 e. The van der Waals surface area contributed by atoms with Crippen molar-refractivity contribution in [2.24, 2.45) is 0 Å². The van der Waals surface area contributed by atoms with E-state index < -0.39 is 0 Å². The van der Waals surface area contributed by atoms with E-state index in [2.05, 4.69) is 13.1 Å². The predicted octanol–water partition coefficient (Wildman–Crippen LogP) is 2.92. The number of allylic oxidation sites excluding steroid dienone is 1. The van der Waals surface area contributed by atoms with Gasteiger partial charge < -0.3 is 4.90 Å². The van der Waals surface area contributed by atoms with E-state index >= 15 is 0 Å². The Morgan fingerprint density at radius 1 is 1.59 bits per heavy atom. The van der Waals surface area contributed by atoms with E-state index in [4.69, 9.17) is 0 Å². The second-order valence-electron chi connectivity index (χ2n) is 3.49. The summed E-state index contributed by atoms with van der Waals surface area (Å²) >= 11 is 1.55. The van der Waals surface area contributed by atoms with Gasteiger partial charge in [0, 0.05) is 64.9 Å². The maximum absolute atomic E-state index is 11.0. The number of rotatable bonds is 1. The van der Waals surface area contributed by atoms with Crippen LogP contribution >= 0.6 is 11.8 Å². The standard InChI is InChI=1S/C12H11NOS.W.Y/c1-8-4-5-11-10(6-8)13(3)12(15-11)7-9(2)14;;/h5-7H,3H2,1-2H3;;/q-2;;/b12-7-;;. The largest absolute Gasteiger partial charge is 0.511 e. The van der Waals surface area contributed by atoms with E-state index in [0.29, 0.717) is 0 Å². The molecule has 1 heterocycles. The number of ketones is 1. The fourth-order valence-corrected chi connectivity index (χ4v) is 2.48. The molecule has 0 saturated carbocycles. The molecule has 1 aliphatic heterocycles. The number of nitrogens with zero attached hydrogens (tertiary/aromatic N) is 1. The van der Waals surface area contributed by atoms with Crippen LogP contribution in [0.2, 0.25) is 0 Å². The average Bonchev–Trinajstić information content (AvgIpc) is 2.44. The van der Waals surface area contributed by atoms with Gasteiger partial charge in [-0.15, -0.1) is 17.8 Å². The number of thioether (sulfide) groups is 1. The summed E-state index contributed by atoms with van der Waals surface area (Å²) in [5, 5.41) is 0.872. The zero-order valence-electron chi connectivity index (χ0n) is 9.69. The van der Waals surface area contributed by atoms with Crippen molar-refractivity contribution in [1.82, 2.24) is 0 Å². The van der Waals surface area contributed by atoms with Crippen LogP contribution < -0.4 is 4.90 Å². The average molecular weight is 490 g/mol. The van der Waals surface area contributed by atoms with Gasteiger partial charge in [-0.05, 0) is 6.92 Å². The topological polar surface area (TPSA) is 20.3 Å². The molecule has 0 aliphatic carbocycles. The van der Waals surface area contributed by atoms with E-state index in [9.17, 15) is 4.79 Å².